The van der Waals surface area contributed by atoms with Crippen molar-refractivity contribution in [3.05, 3.63) is 29.8 Å². The van der Waals surface area contributed by atoms with Crippen molar-refractivity contribution >= 4 is 0 Å². The highest BCUT2D eigenvalue weighted by Crippen LogP contribution is 2.36. The summed E-state index contributed by atoms with van der Waals surface area (Å²) < 4.78 is 78.0. The molecule has 1 aromatic carbocycles. The first-order chi connectivity index (χ1) is 9.08. The van der Waals surface area contributed by atoms with Crippen LogP contribution in [-0.4, -0.2) is 25.0 Å². The van der Waals surface area contributed by atoms with Crippen molar-refractivity contribution in [2.75, 3.05) is 6.54 Å². The van der Waals surface area contributed by atoms with Gasteiger partial charge < -0.3 is 16.2 Å². The smallest absolute Gasteiger partial charge is 0.430 e. The number of rotatable bonds is 5. The minimum Gasteiger partial charge on any atom is -0.430 e. The van der Waals surface area contributed by atoms with E-state index in [0.717, 1.165) is 12.1 Å². The van der Waals surface area contributed by atoms with E-state index >= 15 is 0 Å². The number of nitrogens with two attached hydrogens (primary N) is 2. The summed E-state index contributed by atoms with van der Waals surface area (Å²) >= 11 is 0. The molecule has 4 N–H and O–H groups in total. The molecule has 0 aliphatic rings. The van der Waals surface area contributed by atoms with E-state index < -0.39 is 30.2 Å². The third kappa shape index (κ3) is 4.01. The minimum absolute atomic E-state index is 0.0942. The second kappa shape index (κ2) is 5.88. The summed E-state index contributed by atoms with van der Waals surface area (Å²) in [4.78, 5) is 0. The molecule has 0 saturated heterocycles. The number of alkyl halides is 6. The summed E-state index contributed by atoms with van der Waals surface area (Å²) in [5.41, 5.74) is 11.3. The summed E-state index contributed by atoms with van der Waals surface area (Å²) in [6.07, 6.45) is -15.2. The number of hydrogen-bond acceptors (Lipinski definition) is 3. The van der Waals surface area contributed by atoms with Gasteiger partial charge in [-0.05, 0) is 17.7 Å². The van der Waals surface area contributed by atoms with Crippen molar-refractivity contribution in [1.29, 1.82) is 0 Å². The molecular weight excluding hydrogens is 290 g/mol. The van der Waals surface area contributed by atoms with Gasteiger partial charge in [0.25, 0.3) is 6.17 Å². The lowest BCUT2D eigenvalue weighted by atomic mass is 10.1. The molecule has 114 valence electrons. The molecule has 0 radical (unpaired) electrons. The van der Waals surface area contributed by atoms with Crippen LogP contribution < -0.4 is 16.2 Å². The fraction of sp³-hybridized carbons (Fsp3) is 0.455. The van der Waals surface area contributed by atoms with Gasteiger partial charge in [0.2, 0.25) is 0 Å². The highest BCUT2D eigenvalue weighted by atomic mass is 19.4. The Labute approximate surface area is 110 Å². The normalized spacial score (nSPS) is 15.8. The average Bonchev–Trinajstić information content (AvgIpc) is 2.36. The van der Waals surface area contributed by atoms with E-state index in [0.29, 0.717) is 5.56 Å². The van der Waals surface area contributed by atoms with Crippen molar-refractivity contribution in [3.63, 3.8) is 0 Å². The first kappa shape index (κ1) is 16.6. The molecule has 0 heterocycles. The van der Waals surface area contributed by atoms with E-state index in [1.54, 1.807) is 0 Å². The zero-order valence-electron chi connectivity index (χ0n) is 10.0. The summed E-state index contributed by atoms with van der Waals surface area (Å²) in [6.45, 7) is 0.0942. The molecule has 0 fully saturated rings. The van der Waals surface area contributed by atoms with Gasteiger partial charge in [0.1, 0.15) is 5.75 Å². The fourth-order valence-electron chi connectivity index (χ4n) is 1.32. The van der Waals surface area contributed by atoms with Crippen molar-refractivity contribution in [3.8, 4) is 5.75 Å². The summed E-state index contributed by atoms with van der Waals surface area (Å²) in [7, 11) is 0. The Morgan fingerprint density at radius 3 is 1.95 bits per heavy atom. The van der Waals surface area contributed by atoms with Gasteiger partial charge in [-0.2, -0.15) is 22.0 Å². The van der Waals surface area contributed by atoms with Crippen LogP contribution in [0.3, 0.4) is 0 Å². The predicted molar refractivity (Wildman–Crippen MR) is 59.0 cm³/mol. The predicted octanol–water partition coefficient (Wildman–Crippen LogP) is 2.52. The van der Waals surface area contributed by atoms with Crippen LogP contribution in [0.1, 0.15) is 11.6 Å². The number of ether oxygens (including phenoxy) is 1. The van der Waals surface area contributed by atoms with E-state index in [9.17, 15) is 26.3 Å². The van der Waals surface area contributed by atoms with Gasteiger partial charge in [0.05, 0.1) is 0 Å². The first-order valence-electron chi connectivity index (χ1n) is 5.41. The number of benzene rings is 1. The van der Waals surface area contributed by atoms with Gasteiger partial charge >= 0.3 is 12.3 Å². The Hall–Kier alpha value is -1.48. The number of halogens is 6. The molecule has 0 aromatic heterocycles. The van der Waals surface area contributed by atoms with Gasteiger partial charge in [-0.1, -0.05) is 12.1 Å². The van der Waals surface area contributed by atoms with Crippen LogP contribution in [0.4, 0.5) is 26.3 Å². The third-order valence-electron chi connectivity index (χ3n) is 2.40. The van der Waals surface area contributed by atoms with Crippen LogP contribution >= 0.6 is 0 Å². The maximum atomic E-state index is 13.0. The molecule has 2 unspecified atom stereocenters. The molecule has 20 heavy (non-hydrogen) atoms. The molecule has 2 atom stereocenters. The lowest BCUT2D eigenvalue weighted by Crippen LogP contribution is -2.45. The van der Waals surface area contributed by atoms with Crippen molar-refractivity contribution in [2.45, 2.75) is 24.5 Å². The molecule has 0 saturated carbocycles. The minimum atomic E-state index is -5.72. The average molecular weight is 302 g/mol. The molecular formula is C11H12F6N2O. The summed E-state index contributed by atoms with van der Waals surface area (Å²) in [5, 5.41) is 0. The van der Waals surface area contributed by atoms with E-state index in [1.807, 2.05) is 0 Å². The molecule has 3 nitrogen and oxygen atoms in total. The summed E-state index contributed by atoms with van der Waals surface area (Å²) in [6, 6.07) is 3.88. The molecule has 0 aliphatic heterocycles. The van der Waals surface area contributed by atoms with Gasteiger partial charge in [0, 0.05) is 12.6 Å². The maximum absolute atomic E-state index is 13.0. The largest absolute Gasteiger partial charge is 0.439 e. The Kier molecular flexibility index (Phi) is 4.87. The summed E-state index contributed by atoms with van der Waals surface area (Å²) in [5.74, 6) is -0.616. The maximum Gasteiger partial charge on any atom is 0.439 e. The first-order valence-corrected chi connectivity index (χ1v) is 5.41. The van der Waals surface area contributed by atoms with E-state index in [2.05, 4.69) is 4.74 Å². The Morgan fingerprint density at radius 1 is 1.05 bits per heavy atom. The molecule has 0 bridgehead atoms. The highest BCUT2D eigenvalue weighted by molar-refractivity contribution is 5.29. The SMILES string of the molecule is NCC(N)c1ccc(OC(F)(F)C(F)C(F)(F)F)cc1. The number of hydrogen-bond donors (Lipinski definition) is 2. The van der Waals surface area contributed by atoms with Crippen LogP contribution in [0.25, 0.3) is 0 Å². The van der Waals surface area contributed by atoms with Gasteiger partial charge in [-0.3, -0.25) is 0 Å². The Balaban J connectivity index is 2.82. The highest BCUT2D eigenvalue weighted by Gasteiger charge is 2.59. The molecule has 1 rings (SSSR count). The fourth-order valence-corrected chi connectivity index (χ4v) is 1.32. The van der Waals surface area contributed by atoms with Crippen LogP contribution in [0, 0.1) is 0 Å². The quantitative estimate of drug-likeness (QED) is 0.822. The van der Waals surface area contributed by atoms with Crippen LogP contribution in [0.5, 0.6) is 5.75 Å². The molecule has 0 amide bonds. The van der Waals surface area contributed by atoms with Crippen molar-refractivity contribution in [1.82, 2.24) is 0 Å². The third-order valence-corrected chi connectivity index (χ3v) is 2.40. The topological polar surface area (TPSA) is 61.3 Å². The molecule has 0 aliphatic carbocycles. The lowest BCUT2D eigenvalue weighted by molar-refractivity contribution is -0.304. The van der Waals surface area contributed by atoms with E-state index in [1.165, 1.54) is 12.1 Å². The lowest BCUT2D eigenvalue weighted by Gasteiger charge is -2.23. The van der Waals surface area contributed by atoms with Crippen LogP contribution in [0.15, 0.2) is 24.3 Å². The standard InChI is InChI=1S/C11H12F6N2O/c12-9(10(13,14)15)11(16,17)20-7-3-1-6(2-4-7)8(19)5-18/h1-4,8-9H,5,18-19H2. The zero-order valence-corrected chi connectivity index (χ0v) is 10.0. The van der Waals surface area contributed by atoms with Crippen molar-refractivity contribution in [2.24, 2.45) is 11.5 Å². The monoisotopic (exact) mass is 302 g/mol. The van der Waals surface area contributed by atoms with Crippen LogP contribution in [0.2, 0.25) is 0 Å². The Morgan fingerprint density at radius 2 is 1.55 bits per heavy atom. The van der Waals surface area contributed by atoms with E-state index in [-0.39, 0.29) is 6.54 Å². The van der Waals surface area contributed by atoms with Gasteiger partial charge in [-0.15, -0.1) is 0 Å². The molecule has 1 aromatic rings. The second-order valence-corrected chi connectivity index (χ2v) is 3.98. The van der Waals surface area contributed by atoms with E-state index in [4.69, 9.17) is 11.5 Å². The molecule has 0 spiro atoms. The molecule has 9 heteroatoms. The zero-order chi connectivity index (χ0) is 15.6. The van der Waals surface area contributed by atoms with Gasteiger partial charge in [-0.25, -0.2) is 4.39 Å². The van der Waals surface area contributed by atoms with Crippen LogP contribution in [-0.2, 0) is 0 Å². The van der Waals surface area contributed by atoms with Crippen molar-refractivity contribution < 1.29 is 31.1 Å². The second-order valence-electron chi connectivity index (χ2n) is 3.98. The van der Waals surface area contributed by atoms with Gasteiger partial charge in [0.15, 0.2) is 0 Å². The Bertz CT molecular complexity index is 434.